The van der Waals surface area contributed by atoms with E-state index in [1.165, 1.54) is 6.42 Å². The van der Waals surface area contributed by atoms with Crippen molar-refractivity contribution in [3.05, 3.63) is 65.2 Å². The number of anilines is 1. The van der Waals surface area contributed by atoms with Gasteiger partial charge in [-0.3, -0.25) is 9.59 Å². The van der Waals surface area contributed by atoms with Gasteiger partial charge in [-0.2, -0.15) is 0 Å². The molecule has 0 saturated carbocycles. The Hall–Kier alpha value is -2.37. The number of hydrogen-bond donors (Lipinski definition) is 2. The zero-order valence-corrected chi connectivity index (χ0v) is 16.3. The molecule has 1 fully saturated rings. The van der Waals surface area contributed by atoms with Gasteiger partial charge in [-0.25, -0.2) is 0 Å². The lowest BCUT2D eigenvalue weighted by Gasteiger charge is -2.26. The van der Waals surface area contributed by atoms with Crippen LogP contribution in [0.4, 0.5) is 5.69 Å². The number of carbonyl (C=O) groups excluding carboxylic acids is 2. The van der Waals surface area contributed by atoms with Gasteiger partial charge in [-0.15, -0.1) is 12.4 Å². The van der Waals surface area contributed by atoms with E-state index in [4.69, 9.17) is 5.73 Å². The second-order valence-electron chi connectivity index (χ2n) is 6.81. The van der Waals surface area contributed by atoms with Crippen molar-refractivity contribution in [1.29, 1.82) is 0 Å². The Morgan fingerprint density at radius 2 is 1.70 bits per heavy atom. The molecule has 0 aromatic heterocycles. The number of aryl methyl sites for hydroxylation is 1. The van der Waals surface area contributed by atoms with Gasteiger partial charge in [-0.1, -0.05) is 35.9 Å². The van der Waals surface area contributed by atoms with Crippen LogP contribution in [0.25, 0.3) is 0 Å². The quantitative estimate of drug-likeness (QED) is 0.840. The summed E-state index contributed by atoms with van der Waals surface area (Å²) >= 11 is 0. The minimum Gasteiger partial charge on any atom is -0.339 e. The Morgan fingerprint density at radius 1 is 1.04 bits per heavy atom. The highest BCUT2D eigenvalue weighted by Crippen LogP contribution is 2.18. The SMILES string of the molecule is Cc1ccc(C(N)C(=O)Nc2cccc(C(=O)N3CCCCC3)c2)cc1.Cl. The molecule has 2 aromatic rings. The number of nitrogens with two attached hydrogens (primary N) is 1. The summed E-state index contributed by atoms with van der Waals surface area (Å²) in [6, 6.07) is 13.9. The smallest absolute Gasteiger partial charge is 0.253 e. The fourth-order valence-corrected chi connectivity index (χ4v) is 3.15. The van der Waals surface area contributed by atoms with E-state index in [1.54, 1.807) is 24.3 Å². The maximum atomic E-state index is 12.6. The highest BCUT2D eigenvalue weighted by atomic mass is 35.5. The second kappa shape index (κ2) is 9.53. The average Bonchev–Trinajstić information content (AvgIpc) is 2.68. The van der Waals surface area contributed by atoms with Crippen molar-refractivity contribution in [2.24, 2.45) is 5.73 Å². The lowest BCUT2D eigenvalue weighted by molar-refractivity contribution is -0.117. The summed E-state index contributed by atoms with van der Waals surface area (Å²) < 4.78 is 0. The summed E-state index contributed by atoms with van der Waals surface area (Å²) in [7, 11) is 0. The molecule has 1 aliphatic rings. The summed E-state index contributed by atoms with van der Waals surface area (Å²) in [5, 5.41) is 2.82. The van der Waals surface area contributed by atoms with E-state index in [2.05, 4.69) is 5.32 Å². The molecule has 2 aromatic carbocycles. The molecule has 2 amide bonds. The third kappa shape index (κ3) is 5.31. The van der Waals surface area contributed by atoms with E-state index < -0.39 is 6.04 Å². The summed E-state index contributed by atoms with van der Waals surface area (Å²) in [6.45, 7) is 3.58. The zero-order chi connectivity index (χ0) is 18.5. The highest BCUT2D eigenvalue weighted by molar-refractivity contribution is 5.98. The molecule has 27 heavy (non-hydrogen) atoms. The fourth-order valence-electron chi connectivity index (χ4n) is 3.15. The van der Waals surface area contributed by atoms with Crippen molar-refractivity contribution in [2.45, 2.75) is 32.2 Å². The summed E-state index contributed by atoms with van der Waals surface area (Å²) in [6.07, 6.45) is 3.28. The van der Waals surface area contributed by atoms with E-state index in [0.717, 1.165) is 37.1 Å². The molecule has 6 heteroatoms. The lowest BCUT2D eigenvalue weighted by Crippen LogP contribution is -2.35. The number of likely N-dealkylation sites (tertiary alicyclic amines) is 1. The van der Waals surface area contributed by atoms with Crippen LogP contribution < -0.4 is 11.1 Å². The molecule has 0 radical (unpaired) electrons. The van der Waals surface area contributed by atoms with Gasteiger partial charge in [0.2, 0.25) is 5.91 Å². The predicted octanol–water partition coefficient (Wildman–Crippen LogP) is 3.68. The molecular weight excluding hydrogens is 362 g/mol. The van der Waals surface area contributed by atoms with Crippen LogP contribution in [0.1, 0.15) is 46.8 Å². The van der Waals surface area contributed by atoms with E-state index in [1.807, 2.05) is 36.1 Å². The van der Waals surface area contributed by atoms with E-state index in [9.17, 15) is 9.59 Å². The zero-order valence-electron chi connectivity index (χ0n) is 15.5. The number of benzene rings is 2. The van der Waals surface area contributed by atoms with Crippen LogP contribution in [0.2, 0.25) is 0 Å². The monoisotopic (exact) mass is 387 g/mol. The van der Waals surface area contributed by atoms with Crippen molar-refractivity contribution < 1.29 is 9.59 Å². The van der Waals surface area contributed by atoms with Gasteiger partial charge in [0.25, 0.3) is 5.91 Å². The van der Waals surface area contributed by atoms with Crippen LogP contribution in [0.5, 0.6) is 0 Å². The highest BCUT2D eigenvalue weighted by Gasteiger charge is 2.19. The molecule has 1 atom stereocenters. The van der Waals surface area contributed by atoms with Crippen molar-refractivity contribution in [2.75, 3.05) is 18.4 Å². The largest absolute Gasteiger partial charge is 0.339 e. The van der Waals surface area contributed by atoms with Gasteiger partial charge < -0.3 is 16.0 Å². The number of nitrogens with one attached hydrogen (secondary N) is 1. The molecule has 3 rings (SSSR count). The van der Waals surface area contributed by atoms with Crippen LogP contribution in [0.15, 0.2) is 48.5 Å². The van der Waals surface area contributed by atoms with Crippen LogP contribution >= 0.6 is 12.4 Å². The first kappa shape index (κ1) is 20.9. The van der Waals surface area contributed by atoms with Crippen LogP contribution in [0, 0.1) is 6.92 Å². The maximum absolute atomic E-state index is 12.6. The number of nitrogens with zero attached hydrogens (tertiary/aromatic N) is 1. The second-order valence-corrected chi connectivity index (χ2v) is 6.81. The molecule has 3 N–H and O–H groups in total. The predicted molar refractivity (Wildman–Crippen MR) is 110 cm³/mol. The number of hydrogen-bond acceptors (Lipinski definition) is 3. The first-order chi connectivity index (χ1) is 12.5. The van der Waals surface area contributed by atoms with Gasteiger partial charge in [-0.05, 0) is 49.9 Å². The Bertz CT molecular complexity index is 786. The minimum absolute atomic E-state index is 0. The molecule has 1 saturated heterocycles. The van der Waals surface area contributed by atoms with Crippen molar-refractivity contribution in [3.63, 3.8) is 0 Å². The molecule has 0 bridgehead atoms. The van der Waals surface area contributed by atoms with Gasteiger partial charge in [0, 0.05) is 24.3 Å². The minimum atomic E-state index is -0.753. The normalized spacial score (nSPS) is 14.8. The molecule has 1 unspecified atom stereocenters. The standard InChI is InChI=1S/C21H25N3O2.ClH/c1-15-8-10-16(11-9-15)19(22)20(25)23-18-7-5-6-17(14-18)21(26)24-12-3-2-4-13-24;/h5-11,14,19H,2-4,12-13,22H2,1H3,(H,23,25);1H. The van der Waals surface area contributed by atoms with Gasteiger partial charge in [0.1, 0.15) is 6.04 Å². The molecule has 1 heterocycles. The third-order valence-electron chi connectivity index (χ3n) is 4.74. The first-order valence-corrected chi connectivity index (χ1v) is 9.07. The van der Waals surface area contributed by atoms with Crippen LogP contribution in [0.3, 0.4) is 0 Å². The van der Waals surface area contributed by atoms with Crippen LogP contribution in [-0.4, -0.2) is 29.8 Å². The lowest BCUT2D eigenvalue weighted by atomic mass is 10.0. The molecule has 0 spiro atoms. The third-order valence-corrected chi connectivity index (χ3v) is 4.74. The first-order valence-electron chi connectivity index (χ1n) is 9.07. The number of amides is 2. The number of piperidine rings is 1. The van der Waals surface area contributed by atoms with E-state index >= 15 is 0 Å². The molecule has 1 aliphatic heterocycles. The summed E-state index contributed by atoms with van der Waals surface area (Å²) in [4.78, 5) is 26.9. The molecule has 0 aliphatic carbocycles. The number of carbonyl (C=O) groups is 2. The molecule has 144 valence electrons. The van der Waals surface area contributed by atoms with Crippen molar-refractivity contribution in [1.82, 2.24) is 4.90 Å². The topological polar surface area (TPSA) is 75.4 Å². The van der Waals surface area contributed by atoms with E-state index in [-0.39, 0.29) is 24.2 Å². The Balaban J connectivity index is 0.00000261. The summed E-state index contributed by atoms with van der Waals surface area (Å²) in [5.41, 5.74) is 9.11. The number of rotatable bonds is 4. The molecule has 5 nitrogen and oxygen atoms in total. The maximum Gasteiger partial charge on any atom is 0.253 e. The summed E-state index contributed by atoms with van der Waals surface area (Å²) in [5.74, 6) is -0.278. The van der Waals surface area contributed by atoms with E-state index in [0.29, 0.717) is 11.3 Å². The Morgan fingerprint density at radius 3 is 2.37 bits per heavy atom. The van der Waals surface area contributed by atoms with Gasteiger partial charge in [0.05, 0.1) is 0 Å². The van der Waals surface area contributed by atoms with Crippen molar-refractivity contribution in [3.8, 4) is 0 Å². The van der Waals surface area contributed by atoms with Gasteiger partial charge in [0.15, 0.2) is 0 Å². The average molecular weight is 388 g/mol. The van der Waals surface area contributed by atoms with Crippen molar-refractivity contribution >= 4 is 29.9 Å². The fraction of sp³-hybridized carbons (Fsp3) is 0.333. The Kier molecular flexibility index (Phi) is 7.39. The molecular formula is C21H26ClN3O2. The van der Waals surface area contributed by atoms with Crippen LogP contribution in [-0.2, 0) is 4.79 Å². The number of halogens is 1. The Labute approximate surface area is 166 Å². The van der Waals surface area contributed by atoms with Gasteiger partial charge >= 0.3 is 0 Å².